The minimum atomic E-state index is 1.13. The molecule has 2 rings (SSSR count). The van der Waals surface area contributed by atoms with E-state index in [1.165, 1.54) is 35.1 Å². The van der Waals surface area contributed by atoms with Gasteiger partial charge in [0.25, 0.3) is 0 Å². The summed E-state index contributed by atoms with van der Waals surface area (Å²) in [4.78, 5) is 0. The number of hydrogen-bond acceptors (Lipinski definition) is 0. The largest absolute Gasteiger partial charge is 0.0651 e. The second-order valence-electron chi connectivity index (χ2n) is 5.06. The van der Waals surface area contributed by atoms with Crippen LogP contribution in [0.2, 0.25) is 0 Å². The SMILES string of the molecule is CCCc1cc(C)cc(CCc2ccccc2)c1. The van der Waals surface area contributed by atoms with Crippen LogP contribution in [0, 0.1) is 6.92 Å². The van der Waals surface area contributed by atoms with Crippen molar-refractivity contribution in [2.75, 3.05) is 0 Å². The lowest BCUT2D eigenvalue weighted by atomic mass is 9.98. The van der Waals surface area contributed by atoms with Gasteiger partial charge in [-0.15, -0.1) is 0 Å². The molecule has 2 aromatic carbocycles. The molecule has 0 aliphatic carbocycles. The molecule has 94 valence electrons. The molecular weight excluding hydrogens is 216 g/mol. The van der Waals surface area contributed by atoms with Crippen LogP contribution in [-0.4, -0.2) is 0 Å². The third kappa shape index (κ3) is 3.73. The van der Waals surface area contributed by atoms with Crippen LogP contribution < -0.4 is 0 Å². The molecule has 0 nitrogen and oxygen atoms in total. The van der Waals surface area contributed by atoms with Gasteiger partial charge in [-0.25, -0.2) is 0 Å². The average Bonchev–Trinajstić information content (AvgIpc) is 2.37. The summed E-state index contributed by atoms with van der Waals surface area (Å²) in [6, 6.07) is 17.8. The maximum absolute atomic E-state index is 2.37. The van der Waals surface area contributed by atoms with Gasteiger partial charge in [-0.1, -0.05) is 67.4 Å². The Kier molecular flexibility index (Phi) is 4.58. The van der Waals surface area contributed by atoms with Crippen molar-refractivity contribution in [3.05, 3.63) is 70.8 Å². The lowest BCUT2D eigenvalue weighted by molar-refractivity contribution is 0.904. The summed E-state index contributed by atoms with van der Waals surface area (Å²) in [5.74, 6) is 0. The number of benzene rings is 2. The zero-order valence-electron chi connectivity index (χ0n) is 11.4. The van der Waals surface area contributed by atoms with Crippen molar-refractivity contribution < 1.29 is 0 Å². The Hall–Kier alpha value is -1.56. The van der Waals surface area contributed by atoms with Gasteiger partial charge in [-0.2, -0.15) is 0 Å². The van der Waals surface area contributed by atoms with E-state index in [9.17, 15) is 0 Å². The van der Waals surface area contributed by atoms with E-state index in [1.807, 2.05) is 0 Å². The van der Waals surface area contributed by atoms with Crippen LogP contribution >= 0.6 is 0 Å². The first-order chi connectivity index (χ1) is 8.78. The third-order valence-electron chi connectivity index (χ3n) is 3.28. The van der Waals surface area contributed by atoms with Crippen LogP contribution in [-0.2, 0) is 19.3 Å². The second kappa shape index (κ2) is 6.39. The van der Waals surface area contributed by atoms with Gasteiger partial charge in [0.15, 0.2) is 0 Å². The highest BCUT2D eigenvalue weighted by Crippen LogP contribution is 2.14. The van der Waals surface area contributed by atoms with Crippen molar-refractivity contribution in [1.82, 2.24) is 0 Å². The van der Waals surface area contributed by atoms with E-state index in [-0.39, 0.29) is 0 Å². The van der Waals surface area contributed by atoms with Gasteiger partial charge in [-0.05, 0) is 42.9 Å². The standard InChI is InChI=1S/C18H22/c1-3-7-17-12-15(2)13-18(14-17)11-10-16-8-5-4-6-9-16/h4-6,8-9,12-14H,3,7,10-11H2,1-2H3. The van der Waals surface area contributed by atoms with Gasteiger partial charge in [0.05, 0.1) is 0 Å². The molecule has 0 saturated heterocycles. The molecule has 0 atom stereocenters. The Morgan fingerprint density at radius 3 is 2.00 bits per heavy atom. The molecule has 2 aromatic rings. The van der Waals surface area contributed by atoms with Crippen molar-refractivity contribution in [2.45, 2.75) is 39.5 Å². The maximum Gasteiger partial charge on any atom is -0.0238 e. The predicted octanol–water partition coefficient (Wildman–Crippen LogP) is 4.73. The zero-order chi connectivity index (χ0) is 12.8. The molecule has 18 heavy (non-hydrogen) atoms. The minimum Gasteiger partial charge on any atom is -0.0651 e. The van der Waals surface area contributed by atoms with Crippen LogP contribution in [0.3, 0.4) is 0 Å². The molecule has 0 aromatic heterocycles. The highest BCUT2D eigenvalue weighted by Gasteiger charge is 1.99. The third-order valence-corrected chi connectivity index (χ3v) is 3.28. The lowest BCUT2D eigenvalue weighted by Crippen LogP contribution is -1.94. The van der Waals surface area contributed by atoms with Gasteiger partial charge >= 0.3 is 0 Å². The first-order valence-electron chi connectivity index (χ1n) is 6.91. The Morgan fingerprint density at radius 2 is 1.33 bits per heavy atom. The predicted molar refractivity (Wildman–Crippen MR) is 79.0 cm³/mol. The van der Waals surface area contributed by atoms with E-state index < -0.39 is 0 Å². The molecule has 0 heterocycles. The van der Waals surface area contributed by atoms with Crippen molar-refractivity contribution in [1.29, 1.82) is 0 Å². The molecule has 0 aliphatic heterocycles. The Balaban J connectivity index is 2.05. The van der Waals surface area contributed by atoms with E-state index in [2.05, 4.69) is 62.4 Å². The second-order valence-corrected chi connectivity index (χ2v) is 5.06. The summed E-state index contributed by atoms with van der Waals surface area (Å²) in [5, 5.41) is 0. The highest BCUT2D eigenvalue weighted by molar-refractivity contribution is 5.30. The monoisotopic (exact) mass is 238 g/mol. The Morgan fingerprint density at radius 1 is 0.722 bits per heavy atom. The molecule has 0 unspecified atom stereocenters. The average molecular weight is 238 g/mol. The molecule has 0 radical (unpaired) electrons. The molecule has 0 aliphatic rings. The molecule has 0 amide bonds. The molecule has 0 bridgehead atoms. The highest BCUT2D eigenvalue weighted by atomic mass is 14.1. The topological polar surface area (TPSA) is 0 Å². The van der Waals surface area contributed by atoms with Crippen molar-refractivity contribution in [3.63, 3.8) is 0 Å². The minimum absolute atomic E-state index is 1.13. The molecule has 0 fully saturated rings. The van der Waals surface area contributed by atoms with Crippen LogP contribution in [0.5, 0.6) is 0 Å². The van der Waals surface area contributed by atoms with Gasteiger partial charge in [0.2, 0.25) is 0 Å². The number of rotatable bonds is 5. The van der Waals surface area contributed by atoms with Crippen molar-refractivity contribution >= 4 is 0 Å². The fourth-order valence-electron chi connectivity index (χ4n) is 2.46. The van der Waals surface area contributed by atoms with Gasteiger partial charge in [0.1, 0.15) is 0 Å². The molecule has 0 saturated carbocycles. The Bertz CT molecular complexity index is 483. The van der Waals surface area contributed by atoms with Gasteiger partial charge in [-0.3, -0.25) is 0 Å². The quantitative estimate of drug-likeness (QED) is 0.706. The van der Waals surface area contributed by atoms with Crippen LogP contribution in [0.25, 0.3) is 0 Å². The van der Waals surface area contributed by atoms with Crippen LogP contribution in [0.1, 0.15) is 35.6 Å². The maximum atomic E-state index is 2.37. The summed E-state index contributed by atoms with van der Waals surface area (Å²) in [7, 11) is 0. The molecular formula is C18H22. The lowest BCUT2D eigenvalue weighted by Gasteiger charge is -2.07. The fraction of sp³-hybridized carbons (Fsp3) is 0.333. The molecule has 0 N–H and O–H groups in total. The first-order valence-corrected chi connectivity index (χ1v) is 6.91. The van der Waals surface area contributed by atoms with Gasteiger partial charge < -0.3 is 0 Å². The number of aryl methyl sites for hydroxylation is 4. The van der Waals surface area contributed by atoms with Crippen molar-refractivity contribution in [3.8, 4) is 0 Å². The van der Waals surface area contributed by atoms with Crippen molar-refractivity contribution in [2.24, 2.45) is 0 Å². The number of hydrogen-bond donors (Lipinski definition) is 0. The molecule has 0 heteroatoms. The smallest absolute Gasteiger partial charge is 0.0238 e. The van der Waals surface area contributed by atoms with Crippen LogP contribution in [0.15, 0.2) is 48.5 Å². The summed E-state index contributed by atoms with van der Waals surface area (Å²) >= 11 is 0. The summed E-state index contributed by atoms with van der Waals surface area (Å²) in [6.07, 6.45) is 4.69. The normalized spacial score (nSPS) is 10.6. The molecule has 0 spiro atoms. The zero-order valence-corrected chi connectivity index (χ0v) is 11.4. The summed E-state index contributed by atoms with van der Waals surface area (Å²) < 4.78 is 0. The first kappa shape index (κ1) is 12.9. The summed E-state index contributed by atoms with van der Waals surface area (Å²) in [5.41, 5.74) is 5.78. The fourth-order valence-corrected chi connectivity index (χ4v) is 2.46. The Labute approximate surface area is 111 Å². The van der Waals surface area contributed by atoms with E-state index in [0.29, 0.717) is 0 Å². The van der Waals surface area contributed by atoms with E-state index in [1.54, 1.807) is 0 Å². The van der Waals surface area contributed by atoms with Gasteiger partial charge in [0, 0.05) is 0 Å². The van der Waals surface area contributed by atoms with Crippen LogP contribution in [0.4, 0.5) is 0 Å². The van der Waals surface area contributed by atoms with E-state index in [4.69, 9.17) is 0 Å². The summed E-state index contributed by atoms with van der Waals surface area (Å²) in [6.45, 7) is 4.44. The van der Waals surface area contributed by atoms with E-state index in [0.717, 1.165) is 12.8 Å². The van der Waals surface area contributed by atoms with E-state index >= 15 is 0 Å².